The molecule has 0 aliphatic carbocycles. The SMILES string of the molecule is CC(C)(C)OC(=O)NCCCn1ccnc1N. The Morgan fingerprint density at radius 2 is 2.29 bits per heavy atom. The monoisotopic (exact) mass is 240 g/mol. The molecule has 96 valence electrons. The molecule has 0 aliphatic rings. The van der Waals surface area contributed by atoms with Gasteiger partial charge in [0.15, 0.2) is 5.95 Å². The van der Waals surface area contributed by atoms with Gasteiger partial charge in [0.25, 0.3) is 0 Å². The molecule has 0 spiro atoms. The minimum Gasteiger partial charge on any atom is -0.444 e. The highest BCUT2D eigenvalue weighted by Gasteiger charge is 2.15. The van der Waals surface area contributed by atoms with Crippen LogP contribution in [0.4, 0.5) is 10.7 Å². The summed E-state index contributed by atoms with van der Waals surface area (Å²) in [5, 5.41) is 2.69. The van der Waals surface area contributed by atoms with Gasteiger partial charge in [0.1, 0.15) is 5.60 Å². The molecule has 6 nitrogen and oxygen atoms in total. The molecule has 0 atom stereocenters. The Labute approximate surface area is 101 Å². The molecule has 6 heteroatoms. The summed E-state index contributed by atoms with van der Waals surface area (Å²) in [7, 11) is 0. The van der Waals surface area contributed by atoms with Gasteiger partial charge in [-0.25, -0.2) is 9.78 Å². The first-order chi connectivity index (χ1) is 7.88. The maximum absolute atomic E-state index is 11.3. The van der Waals surface area contributed by atoms with Crippen molar-refractivity contribution in [1.82, 2.24) is 14.9 Å². The van der Waals surface area contributed by atoms with Crippen molar-refractivity contribution in [2.45, 2.75) is 39.3 Å². The number of ether oxygens (including phenoxy) is 1. The molecule has 1 heterocycles. The van der Waals surface area contributed by atoms with Gasteiger partial charge in [0.05, 0.1) is 0 Å². The Balaban J connectivity index is 2.17. The number of hydrogen-bond donors (Lipinski definition) is 2. The van der Waals surface area contributed by atoms with E-state index >= 15 is 0 Å². The van der Waals surface area contributed by atoms with Crippen molar-refractivity contribution < 1.29 is 9.53 Å². The number of nitrogen functional groups attached to an aromatic ring is 1. The number of amides is 1. The first-order valence-electron chi connectivity index (χ1n) is 5.62. The Morgan fingerprint density at radius 3 is 2.82 bits per heavy atom. The molecule has 1 rings (SSSR count). The lowest BCUT2D eigenvalue weighted by atomic mass is 10.2. The minimum atomic E-state index is -0.459. The van der Waals surface area contributed by atoms with Crippen molar-refractivity contribution in [3.05, 3.63) is 12.4 Å². The topological polar surface area (TPSA) is 82.2 Å². The second kappa shape index (κ2) is 5.56. The van der Waals surface area contributed by atoms with Crippen LogP contribution in [0.3, 0.4) is 0 Å². The van der Waals surface area contributed by atoms with E-state index in [1.54, 1.807) is 6.20 Å². The van der Waals surface area contributed by atoms with Crippen LogP contribution >= 0.6 is 0 Å². The van der Waals surface area contributed by atoms with Gasteiger partial charge in [0, 0.05) is 25.5 Å². The number of carbonyl (C=O) groups is 1. The predicted molar refractivity (Wildman–Crippen MR) is 65.5 cm³/mol. The van der Waals surface area contributed by atoms with Gasteiger partial charge in [-0.15, -0.1) is 0 Å². The fourth-order valence-corrected chi connectivity index (χ4v) is 1.28. The third-order valence-corrected chi connectivity index (χ3v) is 1.99. The van der Waals surface area contributed by atoms with E-state index in [0.29, 0.717) is 12.5 Å². The van der Waals surface area contributed by atoms with Crippen molar-refractivity contribution in [1.29, 1.82) is 0 Å². The van der Waals surface area contributed by atoms with E-state index in [4.69, 9.17) is 10.5 Å². The Hall–Kier alpha value is -1.72. The van der Waals surface area contributed by atoms with Crippen molar-refractivity contribution in [2.24, 2.45) is 0 Å². The maximum Gasteiger partial charge on any atom is 0.407 e. The predicted octanol–water partition coefficient (Wildman–Crippen LogP) is 1.38. The van der Waals surface area contributed by atoms with Gasteiger partial charge in [-0.2, -0.15) is 0 Å². The maximum atomic E-state index is 11.3. The standard InChI is InChI=1S/C11H20N4O2/c1-11(2,3)17-10(16)14-5-4-7-15-8-6-13-9(15)12/h6,8H,4-5,7H2,1-3H3,(H2,12,13)(H,14,16). The summed E-state index contributed by atoms with van der Waals surface area (Å²) in [4.78, 5) is 15.2. The van der Waals surface area contributed by atoms with Crippen molar-refractivity contribution in [3.8, 4) is 0 Å². The van der Waals surface area contributed by atoms with Gasteiger partial charge < -0.3 is 20.4 Å². The van der Waals surface area contributed by atoms with E-state index in [-0.39, 0.29) is 0 Å². The molecule has 0 fully saturated rings. The summed E-state index contributed by atoms with van der Waals surface area (Å²) >= 11 is 0. The normalized spacial score (nSPS) is 11.2. The first-order valence-corrected chi connectivity index (χ1v) is 5.62. The highest BCUT2D eigenvalue weighted by molar-refractivity contribution is 5.67. The number of nitrogens with two attached hydrogens (primary N) is 1. The van der Waals surface area contributed by atoms with Gasteiger partial charge in [-0.05, 0) is 27.2 Å². The number of carbonyl (C=O) groups excluding carboxylic acids is 1. The highest BCUT2D eigenvalue weighted by Crippen LogP contribution is 2.06. The second-order valence-corrected chi connectivity index (χ2v) is 4.76. The molecule has 3 N–H and O–H groups in total. The van der Waals surface area contributed by atoms with Crippen LogP contribution in [0.25, 0.3) is 0 Å². The quantitative estimate of drug-likeness (QED) is 0.779. The third kappa shape index (κ3) is 5.24. The number of nitrogens with one attached hydrogen (secondary N) is 1. The van der Waals surface area contributed by atoms with Crippen LogP contribution in [0.15, 0.2) is 12.4 Å². The lowest BCUT2D eigenvalue weighted by Gasteiger charge is -2.19. The fourth-order valence-electron chi connectivity index (χ4n) is 1.28. The number of nitrogens with zero attached hydrogens (tertiary/aromatic N) is 2. The molecule has 1 amide bonds. The molecular weight excluding hydrogens is 220 g/mol. The molecule has 0 saturated carbocycles. The summed E-state index contributed by atoms with van der Waals surface area (Å²) in [6.45, 7) is 6.77. The molecule has 0 unspecified atom stereocenters. The molecule has 0 bridgehead atoms. The summed E-state index contributed by atoms with van der Waals surface area (Å²) in [5.74, 6) is 0.488. The molecule has 17 heavy (non-hydrogen) atoms. The van der Waals surface area contributed by atoms with E-state index in [9.17, 15) is 4.79 Å². The average Bonchev–Trinajstić information content (AvgIpc) is 2.56. The molecule has 0 aliphatic heterocycles. The summed E-state index contributed by atoms with van der Waals surface area (Å²) in [5.41, 5.74) is 5.15. The zero-order valence-corrected chi connectivity index (χ0v) is 10.6. The molecule has 1 aromatic rings. The smallest absolute Gasteiger partial charge is 0.407 e. The lowest BCUT2D eigenvalue weighted by molar-refractivity contribution is 0.0527. The number of rotatable bonds is 4. The summed E-state index contributed by atoms with van der Waals surface area (Å²) < 4.78 is 6.93. The van der Waals surface area contributed by atoms with Crippen LogP contribution < -0.4 is 11.1 Å². The van der Waals surface area contributed by atoms with E-state index in [0.717, 1.165) is 13.0 Å². The van der Waals surface area contributed by atoms with Crippen LogP contribution in [0.5, 0.6) is 0 Å². The van der Waals surface area contributed by atoms with E-state index < -0.39 is 11.7 Å². The molecule has 0 saturated heterocycles. The van der Waals surface area contributed by atoms with Crippen LogP contribution in [0.1, 0.15) is 27.2 Å². The van der Waals surface area contributed by atoms with Gasteiger partial charge in [-0.3, -0.25) is 0 Å². The Kier molecular flexibility index (Phi) is 4.37. The summed E-state index contributed by atoms with van der Waals surface area (Å²) in [6, 6.07) is 0. The lowest BCUT2D eigenvalue weighted by Crippen LogP contribution is -2.33. The van der Waals surface area contributed by atoms with Crippen LogP contribution in [-0.2, 0) is 11.3 Å². The third-order valence-electron chi connectivity index (χ3n) is 1.99. The van der Waals surface area contributed by atoms with Crippen LogP contribution in [0.2, 0.25) is 0 Å². The van der Waals surface area contributed by atoms with Crippen LogP contribution in [0, 0.1) is 0 Å². The largest absolute Gasteiger partial charge is 0.444 e. The second-order valence-electron chi connectivity index (χ2n) is 4.76. The van der Waals surface area contributed by atoms with Crippen molar-refractivity contribution >= 4 is 12.0 Å². The van der Waals surface area contributed by atoms with Crippen LogP contribution in [-0.4, -0.2) is 27.8 Å². The molecular formula is C11H20N4O2. The number of aromatic nitrogens is 2. The van der Waals surface area contributed by atoms with E-state index in [1.165, 1.54) is 0 Å². The molecule has 0 radical (unpaired) electrons. The summed E-state index contributed by atoms with van der Waals surface area (Å²) in [6.07, 6.45) is 3.84. The molecule has 1 aromatic heterocycles. The van der Waals surface area contributed by atoms with Crippen molar-refractivity contribution in [2.75, 3.05) is 12.3 Å². The first kappa shape index (κ1) is 13.3. The number of alkyl carbamates (subject to hydrolysis) is 1. The van der Waals surface area contributed by atoms with Gasteiger partial charge in [-0.1, -0.05) is 0 Å². The zero-order valence-electron chi connectivity index (χ0n) is 10.6. The van der Waals surface area contributed by atoms with Gasteiger partial charge >= 0.3 is 6.09 Å². The average molecular weight is 240 g/mol. The highest BCUT2D eigenvalue weighted by atomic mass is 16.6. The zero-order chi connectivity index (χ0) is 12.9. The van der Waals surface area contributed by atoms with E-state index in [1.807, 2.05) is 31.5 Å². The number of anilines is 1. The fraction of sp³-hybridized carbons (Fsp3) is 0.636. The van der Waals surface area contributed by atoms with E-state index in [2.05, 4.69) is 10.3 Å². The number of imidazole rings is 1. The van der Waals surface area contributed by atoms with Gasteiger partial charge in [0.2, 0.25) is 0 Å². The molecule has 0 aromatic carbocycles. The number of hydrogen-bond acceptors (Lipinski definition) is 4. The Morgan fingerprint density at radius 1 is 1.59 bits per heavy atom. The number of aryl methyl sites for hydroxylation is 1. The minimum absolute atomic E-state index is 0.392. The Bertz CT molecular complexity index is 368. The van der Waals surface area contributed by atoms with Crippen molar-refractivity contribution in [3.63, 3.8) is 0 Å².